The normalized spacial score (nSPS) is 39.6. The Kier molecular flexibility index (Phi) is 2.07. The number of nitrogens with one attached hydrogen (secondary N) is 1. The molecule has 0 spiro atoms. The van der Waals surface area contributed by atoms with Gasteiger partial charge in [-0.2, -0.15) is 0 Å². The SMILES string of the molecule is C=C1CC(F)C2OCC(=O)NC2C1. The summed E-state index contributed by atoms with van der Waals surface area (Å²) in [5, 5.41) is 2.71. The molecule has 0 radical (unpaired) electrons. The Hall–Kier alpha value is -0.900. The topological polar surface area (TPSA) is 38.3 Å². The quantitative estimate of drug-likeness (QED) is 0.560. The van der Waals surface area contributed by atoms with Gasteiger partial charge in [-0.1, -0.05) is 12.2 Å². The molecule has 3 nitrogen and oxygen atoms in total. The number of carbonyl (C=O) groups is 1. The van der Waals surface area contributed by atoms with Gasteiger partial charge >= 0.3 is 0 Å². The number of hydrogen-bond donors (Lipinski definition) is 1. The summed E-state index contributed by atoms with van der Waals surface area (Å²) in [6.07, 6.45) is -0.497. The van der Waals surface area contributed by atoms with Gasteiger partial charge in [-0.15, -0.1) is 0 Å². The third-order valence-corrected chi connectivity index (χ3v) is 2.50. The van der Waals surface area contributed by atoms with Crippen molar-refractivity contribution >= 4 is 5.91 Å². The number of morpholine rings is 1. The van der Waals surface area contributed by atoms with Crippen LogP contribution in [0.1, 0.15) is 12.8 Å². The molecule has 0 bridgehead atoms. The Morgan fingerprint density at radius 1 is 1.54 bits per heavy atom. The molecule has 3 atom stereocenters. The van der Waals surface area contributed by atoms with Crippen molar-refractivity contribution in [2.45, 2.75) is 31.2 Å². The standard InChI is InChI=1S/C9H12FNO2/c1-5-2-6(10)9-7(3-5)11-8(12)4-13-9/h6-7,9H,1-4H2,(H,11,12). The van der Waals surface area contributed by atoms with Gasteiger partial charge in [0.1, 0.15) is 18.9 Å². The lowest BCUT2D eigenvalue weighted by molar-refractivity contribution is -0.142. The third kappa shape index (κ3) is 1.58. The Balaban J connectivity index is 2.10. The summed E-state index contributed by atoms with van der Waals surface area (Å²) in [4.78, 5) is 10.9. The van der Waals surface area contributed by atoms with E-state index in [1.54, 1.807) is 0 Å². The molecule has 1 heterocycles. The van der Waals surface area contributed by atoms with E-state index in [9.17, 15) is 9.18 Å². The molecule has 0 aromatic heterocycles. The molecule has 72 valence electrons. The van der Waals surface area contributed by atoms with E-state index in [-0.39, 0.29) is 18.6 Å². The first-order chi connectivity index (χ1) is 6.16. The Morgan fingerprint density at radius 2 is 2.31 bits per heavy atom. The van der Waals surface area contributed by atoms with Crippen LogP contribution in [0.15, 0.2) is 12.2 Å². The van der Waals surface area contributed by atoms with Gasteiger partial charge in [-0.3, -0.25) is 4.79 Å². The maximum absolute atomic E-state index is 13.4. The molecule has 2 aliphatic rings. The van der Waals surface area contributed by atoms with Crippen molar-refractivity contribution in [3.8, 4) is 0 Å². The van der Waals surface area contributed by atoms with Crippen molar-refractivity contribution in [2.24, 2.45) is 0 Å². The zero-order valence-electron chi connectivity index (χ0n) is 7.25. The number of fused-ring (bicyclic) bond motifs is 1. The van der Waals surface area contributed by atoms with E-state index in [1.165, 1.54) is 0 Å². The van der Waals surface area contributed by atoms with Crippen molar-refractivity contribution in [3.63, 3.8) is 0 Å². The van der Waals surface area contributed by atoms with Crippen LogP contribution >= 0.6 is 0 Å². The van der Waals surface area contributed by atoms with Gasteiger partial charge in [-0.05, 0) is 6.42 Å². The first kappa shape index (κ1) is 8.69. The molecule has 1 saturated carbocycles. The van der Waals surface area contributed by atoms with E-state index in [2.05, 4.69) is 11.9 Å². The van der Waals surface area contributed by atoms with E-state index in [0.717, 1.165) is 5.57 Å². The zero-order valence-corrected chi connectivity index (χ0v) is 7.25. The number of halogens is 1. The fourth-order valence-electron chi connectivity index (χ4n) is 1.93. The second kappa shape index (κ2) is 3.10. The van der Waals surface area contributed by atoms with Crippen LogP contribution in [0.2, 0.25) is 0 Å². The summed E-state index contributed by atoms with van der Waals surface area (Å²) < 4.78 is 18.5. The summed E-state index contributed by atoms with van der Waals surface area (Å²) >= 11 is 0. The monoisotopic (exact) mass is 185 g/mol. The highest BCUT2D eigenvalue weighted by molar-refractivity contribution is 5.78. The van der Waals surface area contributed by atoms with Crippen LogP contribution in [0.25, 0.3) is 0 Å². The maximum Gasteiger partial charge on any atom is 0.246 e. The minimum absolute atomic E-state index is 0.0198. The summed E-state index contributed by atoms with van der Waals surface area (Å²) in [5.74, 6) is -0.164. The highest BCUT2D eigenvalue weighted by Gasteiger charge is 2.39. The minimum atomic E-state index is -1.02. The molecule has 1 aliphatic carbocycles. The van der Waals surface area contributed by atoms with E-state index >= 15 is 0 Å². The van der Waals surface area contributed by atoms with Crippen LogP contribution in [0.3, 0.4) is 0 Å². The zero-order chi connectivity index (χ0) is 9.42. The molecule has 13 heavy (non-hydrogen) atoms. The summed E-state index contributed by atoms with van der Waals surface area (Å²) in [6, 6.07) is -0.211. The van der Waals surface area contributed by atoms with E-state index in [1.807, 2.05) is 0 Å². The van der Waals surface area contributed by atoms with Crippen LogP contribution in [0.4, 0.5) is 4.39 Å². The molecule has 4 heteroatoms. The van der Waals surface area contributed by atoms with Crippen molar-refractivity contribution in [3.05, 3.63) is 12.2 Å². The summed E-state index contributed by atoms with van der Waals surface area (Å²) in [7, 11) is 0. The van der Waals surface area contributed by atoms with Gasteiger partial charge in [0.05, 0.1) is 6.04 Å². The predicted molar refractivity (Wildman–Crippen MR) is 44.9 cm³/mol. The lowest BCUT2D eigenvalue weighted by atomic mass is 9.87. The van der Waals surface area contributed by atoms with Crippen LogP contribution in [-0.2, 0) is 9.53 Å². The second-order valence-electron chi connectivity index (χ2n) is 3.62. The van der Waals surface area contributed by atoms with Crippen LogP contribution in [0, 0.1) is 0 Å². The van der Waals surface area contributed by atoms with Gasteiger partial charge in [0.25, 0.3) is 0 Å². The van der Waals surface area contributed by atoms with E-state index in [0.29, 0.717) is 12.8 Å². The summed E-state index contributed by atoms with van der Waals surface area (Å²) in [6.45, 7) is 3.71. The van der Waals surface area contributed by atoms with Crippen molar-refractivity contribution < 1.29 is 13.9 Å². The average Bonchev–Trinajstić information content (AvgIpc) is 2.02. The third-order valence-electron chi connectivity index (χ3n) is 2.50. The minimum Gasteiger partial charge on any atom is -0.363 e. The first-order valence-corrected chi connectivity index (χ1v) is 4.38. The molecule has 1 aliphatic heterocycles. The Labute approximate surface area is 75.9 Å². The lowest BCUT2D eigenvalue weighted by Crippen LogP contribution is -2.57. The van der Waals surface area contributed by atoms with Crippen LogP contribution in [-0.4, -0.2) is 30.8 Å². The van der Waals surface area contributed by atoms with Crippen molar-refractivity contribution in [1.29, 1.82) is 0 Å². The Morgan fingerprint density at radius 3 is 3.08 bits per heavy atom. The van der Waals surface area contributed by atoms with Crippen LogP contribution in [0.5, 0.6) is 0 Å². The van der Waals surface area contributed by atoms with Gasteiger partial charge in [-0.25, -0.2) is 4.39 Å². The molecule has 1 saturated heterocycles. The first-order valence-electron chi connectivity index (χ1n) is 4.38. The smallest absolute Gasteiger partial charge is 0.246 e. The second-order valence-corrected chi connectivity index (χ2v) is 3.62. The lowest BCUT2D eigenvalue weighted by Gasteiger charge is -2.38. The number of hydrogen-bond acceptors (Lipinski definition) is 2. The molecule has 2 rings (SSSR count). The molecular formula is C9H12FNO2. The molecule has 0 aromatic rings. The van der Waals surface area contributed by atoms with Gasteiger partial charge in [0.15, 0.2) is 0 Å². The largest absolute Gasteiger partial charge is 0.363 e. The van der Waals surface area contributed by atoms with Gasteiger partial charge < -0.3 is 10.1 Å². The molecule has 2 fully saturated rings. The molecule has 0 aromatic carbocycles. The highest BCUT2D eigenvalue weighted by Crippen LogP contribution is 2.29. The number of alkyl halides is 1. The molecule has 1 amide bonds. The number of amides is 1. The molecule has 1 N–H and O–H groups in total. The van der Waals surface area contributed by atoms with Crippen LogP contribution < -0.4 is 5.32 Å². The number of ether oxygens (including phenoxy) is 1. The molecule has 3 unspecified atom stereocenters. The predicted octanol–water partition coefficient (Wildman–Crippen LogP) is 0.558. The van der Waals surface area contributed by atoms with Crippen molar-refractivity contribution in [2.75, 3.05) is 6.61 Å². The van der Waals surface area contributed by atoms with E-state index in [4.69, 9.17) is 4.74 Å². The molecular weight excluding hydrogens is 173 g/mol. The fraction of sp³-hybridized carbons (Fsp3) is 0.667. The van der Waals surface area contributed by atoms with Crippen molar-refractivity contribution in [1.82, 2.24) is 5.32 Å². The fourth-order valence-corrected chi connectivity index (χ4v) is 1.93. The van der Waals surface area contributed by atoms with E-state index < -0.39 is 12.3 Å². The Bertz CT molecular complexity index is 252. The van der Waals surface area contributed by atoms with Gasteiger partial charge in [0.2, 0.25) is 5.91 Å². The number of carbonyl (C=O) groups excluding carboxylic acids is 1. The summed E-state index contributed by atoms with van der Waals surface area (Å²) in [5.41, 5.74) is 0.847. The average molecular weight is 185 g/mol. The number of rotatable bonds is 0. The van der Waals surface area contributed by atoms with Gasteiger partial charge in [0, 0.05) is 6.42 Å². The maximum atomic E-state index is 13.4. The highest BCUT2D eigenvalue weighted by atomic mass is 19.1.